The largest absolute Gasteiger partial charge is 0.504 e. The van der Waals surface area contributed by atoms with Gasteiger partial charge in [-0.05, 0) is 23.6 Å². The van der Waals surface area contributed by atoms with Crippen LogP contribution >= 0.6 is 0 Å². The second-order valence-electron chi connectivity index (χ2n) is 7.13. The molecule has 0 radical (unpaired) electrons. The van der Waals surface area contributed by atoms with Crippen LogP contribution in [-0.2, 0) is 20.2 Å². The second-order valence-corrected chi connectivity index (χ2v) is 9.94. The highest BCUT2D eigenvalue weighted by Crippen LogP contribution is 2.42. The van der Waals surface area contributed by atoms with Crippen molar-refractivity contribution in [1.29, 1.82) is 0 Å². The van der Waals surface area contributed by atoms with E-state index in [0.29, 0.717) is 0 Å². The highest BCUT2D eigenvalue weighted by Gasteiger charge is 2.27. The van der Waals surface area contributed by atoms with Crippen LogP contribution in [0.2, 0.25) is 0 Å². The average molecular weight is 438 g/mol. The Bertz CT molecular complexity index is 1290. The number of allylic oxidation sites excluding steroid dienone is 2. The van der Waals surface area contributed by atoms with Crippen molar-refractivity contribution >= 4 is 36.7 Å². The summed E-state index contributed by atoms with van der Waals surface area (Å²) in [6, 6.07) is 3.82. The molecular formula is C18H18N2O7S2. The summed E-state index contributed by atoms with van der Waals surface area (Å²) in [7, 11) is -9.41. The molecule has 1 atom stereocenters. The third-order valence-corrected chi connectivity index (χ3v) is 6.29. The van der Waals surface area contributed by atoms with Crippen molar-refractivity contribution in [2.75, 3.05) is 0 Å². The lowest BCUT2D eigenvalue weighted by Gasteiger charge is -2.27. The first-order valence-electron chi connectivity index (χ1n) is 8.32. The van der Waals surface area contributed by atoms with Crippen molar-refractivity contribution in [3.63, 3.8) is 0 Å². The normalized spacial score (nSPS) is 19.2. The van der Waals surface area contributed by atoms with Crippen LogP contribution in [0, 0.1) is 5.41 Å². The number of aromatic hydroxyl groups is 1. The first-order chi connectivity index (χ1) is 13.3. The number of nitrogens with zero attached hydrogens (tertiary/aromatic N) is 2. The molecule has 1 aliphatic carbocycles. The Kier molecular flexibility index (Phi) is 5.11. The van der Waals surface area contributed by atoms with Gasteiger partial charge in [0, 0.05) is 10.8 Å². The summed E-state index contributed by atoms with van der Waals surface area (Å²) >= 11 is 0. The summed E-state index contributed by atoms with van der Waals surface area (Å²) in [6.45, 7) is 3.84. The fourth-order valence-corrected chi connectivity index (χ4v) is 4.05. The summed E-state index contributed by atoms with van der Waals surface area (Å²) in [5, 5.41) is 18.8. The van der Waals surface area contributed by atoms with E-state index < -0.39 is 41.8 Å². The third kappa shape index (κ3) is 4.22. The zero-order chi connectivity index (χ0) is 21.6. The lowest BCUT2D eigenvalue weighted by atomic mass is 9.82. The van der Waals surface area contributed by atoms with Crippen LogP contribution < -0.4 is 0 Å². The minimum absolute atomic E-state index is 0.0119. The topological polar surface area (TPSA) is 154 Å². The summed E-state index contributed by atoms with van der Waals surface area (Å²) < 4.78 is 64.8. The summed E-state index contributed by atoms with van der Waals surface area (Å²) in [5.41, 5.74) is -0.640. The van der Waals surface area contributed by atoms with E-state index in [1.165, 1.54) is 6.07 Å². The van der Waals surface area contributed by atoms with E-state index in [2.05, 4.69) is 10.2 Å². The molecule has 29 heavy (non-hydrogen) atoms. The zero-order valence-electron chi connectivity index (χ0n) is 15.4. The van der Waals surface area contributed by atoms with Gasteiger partial charge >= 0.3 is 0 Å². The summed E-state index contributed by atoms with van der Waals surface area (Å²) in [4.78, 5) is -1.34. The Hall–Kier alpha value is -2.60. The number of azo groups is 1. The molecule has 0 bridgehead atoms. The van der Waals surface area contributed by atoms with Crippen molar-refractivity contribution in [3.05, 3.63) is 48.6 Å². The molecule has 3 N–H and O–H groups in total. The predicted molar refractivity (Wildman–Crippen MR) is 106 cm³/mol. The molecule has 0 spiro atoms. The number of hydrogen-bond donors (Lipinski definition) is 3. The van der Waals surface area contributed by atoms with Gasteiger partial charge in [-0.2, -0.15) is 27.1 Å². The Morgan fingerprint density at radius 1 is 1.00 bits per heavy atom. The lowest BCUT2D eigenvalue weighted by molar-refractivity contribution is 0.410. The van der Waals surface area contributed by atoms with Gasteiger partial charge in [0.25, 0.3) is 20.2 Å². The van der Waals surface area contributed by atoms with Gasteiger partial charge in [-0.1, -0.05) is 44.2 Å². The third-order valence-electron chi connectivity index (χ3n) is 4.57. The predicted octanol–water partition coefficient (Wildman–Crippen LogP) is 3.64. The van der Waals surface area contributed by atoms with Crippen LogP contribution in [0.15, 0.2) is 68.6 Å². The molecule has 1 aliphatic rings. The maximum Gasteiger partial charge on any atom is 0.298 e. The van der Waals surface area contributed by atoms with Crippen molar-refractivity contribution < 1.29 is 31.0 Å². The molecule has 0 fully saturated rings. The van der Waals surface area contributed by atoms with E-state index in [9.17, 15) is 31.0 Å². The fraction of sp³-hybridized carbons (Fsp3) is 0.222. The highest BCUT2D eigenvalue weighted by atomic mass is 32.2. The number of hydrogen-bond acceptors (Lipinski definition) is 7. The van der Waals surface area contributed by atoms with Crippen LogP contribution in [-0.4, -0.2) is 37.1 Å². The van der Waals surface area contributed by atoms with E-state index >= 15 is 0 Å². The number of rotatable bonds is 4. The molecule has 2 aromatic carbocycles. The number of phenolic OH excluding ortho intramolecular Hbond substituents is 1. The Labute approximate surface area is 167 Å². The number of fused-ring (bicyclic) bond motifs is 1. The molecule has 2 aromatic rings. The van der Waals surface area contributed by atoms with E-state index in [-0.39, 0.29) is 21.9 Å². The minimum Gasteiger partial charge on any atom is -0.504 e. The molecule has 0 aliphatic heterocycles. The van der Waals surface area contributed by atoms with Gasteiger partial charge in [0.05, 0.1) is 10.9 Å². The quantitative estimate of drug-likeness (QED) is 0.486. The molecular weight excluding hydrogens is 420 g/mol. The van der Waals surface area contributed by atoms with Crippen LogP contribution in [0.4, 0.5) is 5.69 Å². The summed E-state index contributed by atoms with van der Waals surface area (Å²) in [6.07, 6.45) is 7.34. The SMILES string of the molecule is CC1(C)C=CC=CC1N=Nc1c(O)c(S(=O)(=O)O)cc2cc(S(=O)(=O)O)ccc12. The van der Waals surface area contributed by atoms with Crippen molar-refractivity contribution in [2.24, 2.45) is 15.6 Å². The molecule has 0 saturated carbocycles. The number of phenols is 1. The fourth-order valence-electron chi connectivity index (χ4n) is 2.91. The van der Waals surface area contributed by atoms with Gasteiger partial charge in [-0.3, -0.25) is 9.11 Å². The van der Waals surface area contributed by atoms with Crippen LogP contribution in [0.1, 0.15) is 13.8 Å². The molecule has 11 heteroatoms. The minimum atomic E-state index is -4.85. The molecule has 0 saturated heterocycles. The molecule has 9 nitrogen and oxygen atoms in total. The zero-order valence-corrected chi connectivity index (χ0v) is 17.0. The van der Waals surface area contributed by atoms with E-state index in [1.807, 2.05) is 26.0 Å². The van der Waals surface area contributed by atoms with Crippen LogP contribution in [0.5, 0.6) is 5.75 Å². The summed E-state index contributed by atoms with van der Waals surface area (Å²) in [5.74, 6) is -0.823. The molecule has 0 amide bonds. The standard InChI is InChI=1S/C18H18N2O7S2/c1-18(2)8-4-3-5-15(18)19-20-16-13-7-6-12(28(22,23)24)9-11(13)10-14(17(16)21)29(25,26)27/h3-10,15,21H,1-2H3,(H,22,23,24)(H,25,26,27). The van der Waals surface area contributed by atoms with E-state index in [1.54, 1.807) is 12.2 Å². The Balaban J connectivity index is 2.27. The van der Waals surface area contributed by atoms with Crippen molar-refractivity contribution in [1.82, 2.24) is 0 Å². The highest BCUT2D eigenvalue weighted by molar-refractivity contribution is 7.86. The molecule has 3 rings (SSSR count). The number of benzene rings is 2. The monoisotopic (exact) mass is 438 g/mol. The maximum atomic E-state index is 11.7. The molecule has 0 aromatic heterocycles. The van der Waals surface area contributed by atoms with E-state index in [4.69, 9.17) is 0 Å². The lowest BCUT2D eigenvalue weighted by Crippen LogP contribution is -2.24. The van der Waals surface area contributed by atoms with Gasteiger partial charge in [0.1, 0.15) is 10.6 Å². The molecule has 1 unspecified atom stereocenters. The van der Waals surface area contributed by atoms with Gasteiger partial charge in [0.2, 0.25) is 0 Å². The molecule has 154 valence electrons. The van der Waals surface area contributed by atoms with Crippen LogP contribution in [0.3, 0.4) is 0 Å². The van der Waals surface area contributed by atoms with Gasteiger partial charge in [-0.25, -0.2) is 0 Å². The smallest absolute Gasteiger partial charge is 0.298 e. The Morgan fingerprint density at radius 3 is 2.28 bits per heavy atom. The first-order valence-corrected chi connectivity index (χ1v) is 11.2. The van der Waals surface area contributed by atoms with Gasteiger partial charge in [0.15, 0.2) is 5.75 Å². The second kappa shape index (κ2) is 7.02. The van der Waals surface area contributed by atoms with Crippen LogP contribution in [0.25, 0.3) is 10.8 Å². The maximum absolute atomic E-state index is 11.7. The average Bonchev–Trinajstić information content (AvgIpc) is 2.59. The van der Waals surface area contributed by atoms with Crippen molar-refractivity contribution in [3.8, 4) is 5.75 Å². The van der Waals surface area contributed by atoms with Crippen molar-refractivity contribution in [2.45, 2.75) is 29.7 Å². The van der Waals surface area contributed by atoms with Gasteiger partial charge in [-0.15, -0.1) is 0 Å². The first kappa shape index (κ1) is 21.1. The molecule has 0 heterocycles. The van der Waals surface area contributed by atoms with Gasteiger partial charge < -0.3 is 5.11 Å². The van der Waals surface area contributed by atoms with E-state index in [0.717, 1.165) is 18.2 Å². The Morgan fingerprint density at radius 2 is 1.69 bits per heavy atom.